The largest absolute Gasteiger partial charge is 0.342 e. The predicted molar refractivity (Wildman–Crippen MR) is 107 cm³/mol. The lowest BCUT2D eigenvalue weighted by Gasteiger charge is -2.39. The fourth-order valence-corrected chi connectivity index (χ4v) is 5.55. The van der Waals surface area contributed by atoms with E-state index < -0.39 is 0 Å². The number of fused-ring (bicyclic) bond motifs is 1. The Kier molecular flexibility index (Phi) is 4.44. The Morgan fingerprint density at radius 3 is 2.59 bits per heavy atom. The van der Waals surface area contributed by atoms with Crippen molar-refractivity contribution in [2.24, 2.45) is 5.41 Å². The number of hydrogen-bond donors (Lipinski definition) is 0. The highest BCUT2D eigenvalue weighted by Gasteiger charge is 2.37. The molecule has 4 heterocycles. The monoisotopic (exact) mass is 400 g/mol. The van der Waals surface area contributed by atoms with E-state index in [-0.39, 0.29) is 0 Å². The maximum atomic E-state index is 6.16. The number of anilines is 1. The van der Waals surface area contributed by atoms with Crippen LogP contribution in [0.3, 0.4) is 0 Å². The van der Waals surface area contributed by atoms with Crippen LogP contribution in [-0.2, 0) is 0 Å². The van der Waals surface area contributed by atoms with Gasteiger partial charge < -0.3 is 4.90 Å². The van der Waals surface area contributed by atoms with Gasteiger partial charge in [0.2, 0.25) is 5.95 Å². The van der Waals surface area contributed by atoms with Crippen LogP contribution in [0.15, 0.2) is 40.6 Å². The number of halogens is 1. The van der Waals surface area contributed by atoms with Gasteiger partial charge in [-0.3, -0.25) is 4.40 Å². The summed E-state index contributed by atoms with van der Waals surface area (Å²) in [5, 5.41) is 8.11. The molecule has 1 spiro atoms. The second-order valence-electron chi connectivity index (χ2n) is 7.53. The van der Waals surface area contributed by atoms with Gasteiger partial charge in [0.15, 0.2) is 10.8 Å². The molecular weight excluding hydrogens is 380 g/mol. The molecule has 3 aromatic rings. The Hall–Kier alpha value is -1.86. The third-order valence-electron chi connectivity index (χ3n) is 6.01. The molecule has 1 saturated heterocycles. The molecule has 6 nitrogen and oxygen atoms in total. The van der Waals surface area contributed by atoms with Crippen molar-refractivity contribution in [3.05, 3.63) is 36.0 Å². The zero-order valence-corrected chi connectivity index (χ0v) is 16.6. The van der Waals surface area contributed by atoms with Crippen LogP contribution in [0.4, 0.5) is 5.95 Å². The molecule has 8 heteroatoms. The molecule has 3 aromatic heterocycles. The van der Waals surface area contributed by atoms with Gasteiger partial charge in [-0.25, -0.2) is 9.97 Å². The van der Waals surface area contributed by atoms with Gasteiger partial charge in [-0.15, -0.1) is 5.10 Å². The lowest BCUT2D eigenvalue weighted by atomic mass is 9.77. The van der Waals surface area contributed by atoms with Gasteiger partial charge in [-0.1, -0.05) is 36.2 Å². The zero-order chi connectivity index (χ0) is 18.3. The molecule has 2 aliphatic rings. The maximum Gasteiger partial charge on any atom is 0.211 e. The Morgan fingerprint density at radius 1 is 1.00 bits per heavy atom. The Bertz CT molecular complexity index is 958. The summed E-state index contributed by atoms with van der Waals surface area (Å²) in [4.78, 5) is 13.6. The van der Waals surface area contributed by atoms with Gasteiger partial charge in [0.05, 0.1) is 16.0 Å². The molecule has 0 bridgehead atoms. The molecule has 1 saturated carbocycles. The molecule has 5 rings (SSSR count). The van der Waals surface area contributed by atoms with Gasteiger partial charge in [0.25, 0.3) is 0 Å². The zero-order valence-electron chi connectivity index (χ0n) is 15.0. The van der Waals surface area contributed by atoms with E-state index in [1.54, 1.807) is 6.20 Å². The minimum atomic E-state index is 0.397. The Labute approximate surface area is 167 Å². The van der Waals surface area contributed by atoms with Crippen molar-refractivity contribution in [1.82, 2.24) is 24.6 Å². The molecule has 0 N–H and O–H groups in total. The molecule has 0 amide bonds. The summed E-state index contributed by atoms with van der Waals surface area (Å²) in [6.07, 6.45) is 15.6. The lowest BCUT2D eigenvalue weighted by molar-refractivity contribution is 0.225. The topological polar surface area (TPSA) is 59.2 Å². The van der Waals surface area contributed by atoms with E-state index in [0.717, 1.165) is 34.5 Å². The van der Waals surface area contributed by atoms with Gasteiger partial charge >= 0.3 is 0 Å². The first-order valence-corrected chi connectivity index (χ1v) is 10.7. The van der Waals surface area contributed by atoms with E-state index in [4.69, 9.17) is 16.6 Å². The van der Waals surface area contributed by atoms with Crippen molar-refractivity contribution >= 4 is 35.0 Å². The van der Waals surface area contributed by atoms with Gasteiger partial charge in [0, 0.05) is 31.7 Å². The average molecular weight is 401 g/mol. The minimum absolute atomic E-state index is 0.397. The standard InChI is InChI=1S/C19H21ClN6S/c20-16-14(3-8-23-24-16)27-15-13-22-18(26-12-9-21-17(15)26)25-10-6-19(7-11-25)4-1-2-5-19/h3,8-9,12-13H,1-2,4-7,10-11H2. The maximum absolute atomic E-state index is 6.16. The summed E-state index contributed by atoms with van der Waals surface area (Å²) in [5.74, 6) is 0.985. The van der Waals surface area contributed by atoms with Crippen LogP contribution in [0, 0.1) is 5.41 Å². The van der Waals surface area contributed by atoms with E-state index in [1.807, 2.05) is 24.7 Å². The molecule has 0 atom stereocenters. The molecular formula is C19H21ClN6S. The van der Waals surface area contributed by atoms with Crippen LogP contribution in [0.25, 0.3) is 5.65 Å². The van der Waals surface area contributed by atoms with Crippen LogP contribution in [0.5, 0.6) is 0 Å². The normalized spacial score (nSPS) is 19.2. The van der Waals surface area contributed by atoms with E-state index in [0.29, 0.717) is 10.6 Å². The first kappa shape index (κ1) is 17.3. The Balaban J connectivity index is 1.42. The first-order valence-electron chi connectivity index (χ1n) is 9.46. The third kappa shape index (κ3) is 3.17. The van der Waals surface area contributed by atoms with Gasteiger partial charge in [0.1, 0.15) is 0 Å². The number of nitrogens with zero attached hydrogens (tertiary/aromatic N) is 6. The first-order chi connectivity index (χ1) is 13.2. The second kappa shape index (κ2) is 6.95. The summed E-state index contributed by atoms with van der Waals surface area (Å²) < 4.78 is 2.09. The van der Waals surface area contributed by atoms with Crippen molar-refractivity contribution in [3.63, 3.8) is 0 Å². The number of imidazole rings is 1. The summed E-state index contributed by atoms with van der Waals surface area (Å²) >= 11 is 7.68. The minimum Gasteiger partial charge on any atom is -0.342 e. The highest BCUT2D eigenvalue weighted by Crippen LogP contribution is 2.46. The van der Waals surface area contributed by atoms with Gasteiger partial charge in [-0.2, -0.15) is 5.10 Å². The Morgan fingerprint density at radius 2 is 1.81 bits per heavy atom. The smallest absolute Gasteiger partial charge is 0.211 e. The summed E-state index contributed by atoms with van der Waals surface area (Å²) in [6, 6.07) is 1.86. The van der Waals surface area contributed by atoms with Crippen LogP contribution in [0.1, 0.15) is 38.5 Å². The average Bonchev–Trinajstić information content (AvgIpc) is 3.35. The number of piperidine rings is 1. The number of aromatic nitrogens is 5. The summed E-state index contributed by atoms with van der Waals surface area (Å²) in [7, 11) is 0. The second-order valence-corrected chi connectivity index (χ2v) is 8.97. The fraction of sp³-hybridized carbons (Fsp3) is 0.474. The molecule has 0 unspecified atom stereocenters. The third-order valence-corrected chi connectivity index (χ3v) is 7.45. The van der Waals surface area contributed by atoms with Crippen molar-refractivity contribution in [2.45, 2.75) is 48.3 Å². The molecule has 2 fully saturated rings. The van der Waals surface area contributed by atoms with Crippen LogP contribution >= 0.6 is 23.4 Å². The van der Waals surface area contributed by atoms with Crippen LogP contribution in [-0.4, -0.2) is 37.7 Å². The SMILES string of the molecule is Clc1nnccc1Sc1cnc(N2CCC3(CCCC3)CC2)n2ccnc12. The molecule has 1 aliphatic heterocycles. The number of rotatable bonds is 3. The highest BCUT2D eigenvalue weighted by molar-refractivity contribution is 7.99. The summed E-state index contributed by atoms with van der Waals surface area (Å²) in [5.41, 5.74) is 1.50. The van der Waals surface area contributed by atoms with E-state index in [9.17, 15) is 0 Å². The van der Waals surface area contributed by atoms with Gasteiger partial charge in [-0.05, 0) is 37.2 Å². The van der Waals surface area contributed by atoms with Crippen LogP contribution in [0.2, 0.25) is 5.15 Å². The fourth-order valence-electron chi connectivity index (χ4n) is 4.49. The summed E-state index contributed by atoms with van der Waals surface area (Å²) in [6.45, 7) is 2.15. The van der Waals surface area contributed by atoms with E-state index in [1.165, 1.54) is 50.3 Å². The van der Waals surface area contributed by atoms with E-state index >= 15 is 0 Å². The quantitative estimate of drug-likeness (QED) is 0.645. The molecule has 0 aromatic carbocycles. The van der Waals surface area contributed by atoms with Crippen molar-refractivity contribution < 1.29 is 0 Å². The number of hydrogen-bond acceptors (Lipinski definition) is 6. The van der Waals surface area contributed by atoms with Crippen molar-refractivity contribution in [3.8, 4) is 0 Å². The lowest BCUT2D eigenvalue weighted by Crippen LogP contribution is -2.40. The van der Waals surface area contributed by atoms with Crippen molar-refractivity contribution in [1.29, 1.82) is 0 Å². The van der Waals surface area contributed by atoms with Crippen molar-refractivity contribution in [2.75, 3.05) is 18.0 Å². The molecule has 0 radical (unpaired) electrons. The molecule has 27 heavy (non-hydrogen) atoms. The van der Waals surface area contributed by atoms with E-state index in [2.05, 4.69) is 24.5 Å². The molecule has 140 valence electrons. The predicted octanol–water partition coefficient (Wildman–Crippen LogP) is 4.48. The van der Waals surface area contributed by atoms with Crippen LogP contribution < -0.4 is 4.90 Å². The highest BCUT2D eigenvalue weighted by atomic mass is 35.5. The molecule has 1 aliphatic carbocycles.